The number of rotatable bonds is 7. The standard InChI is InChI=1S/C21H28N2O3/c1-24-19-6-4-5-17(11-19)15-22-7-9-23(10-8-22)16-18-12-20(25-2)14-21(13-18)26-3/h4-6,11-14H,7-10,15-16H2,1-3H3/p+2. The maximum Gasteiger partial charge on any atom is 0.127 e. The number of methoxy groups -OCH3 is 3. The van der Waals surface area contributed by atoms with E-state index in [0.717, 1.165) is 30.3 Å². The monoisotopic (exact) mass is 358 g/mol. The molecule has 1 heterocycles. The van der Waals surface area contributed by atoms with Crippen LogP contribution >= 0.6 is 0 Å². The molecule has 5 heteroatoms. The summed E-state index contributed by atoms with van der Waals surface area (Å²) in [5, 5.41) is 0. The van der Waals surface area contributed by atoms with Crippen LogP contribution in [0.4, 0.5) is 0 Å². The third kappa shape index (κ3) is 4.90. The molecular weight excluding hydrogens is 328 g/mol. The number of piperazine rings is 1. The van der Waals surface area contributed by atoms with Crippen LogP contribution in [0.5, 0.6) is 17.2 Å². The summed E-state index contributed by atoms with van der Waals surface area (Å²) >= 11 is 0. The molecule has 0 bridgehead atoms. The Morgan fingerprint density at radius 3 is 1.69 bits per heavy atom. The highest BCUT2D eigenvalue weighted by molar-refractivity contribution is 5.38. The van der Waals surface area contributed by atoms with Gasteiger partial charge >= 0.3 is 0 Å². The van der Waals surface area contributed by atoms with Gasteiger partial charge in [-0.2, -0.15) is 0 Å². The van der Waals surface area contributed by atoms with E-state index in [2.05, 4.69) is 30.3 Å². The number of hydrogen-bond acceptors (Lipinski definition) is 3. The van der Waals surface area contributed by atoms with Crippen LogP contribution in [0.3, 0.4) is 0 Å². The zero-order valence-electron chi connectivity index (χ0n) is 16.0. The van der Waals surface area contributed by atoms with Crippen LogP contribution in [0.15, 0.2) is 42.5 Å². The van der Waals surface area contributed by atoms with Crippen LogP contribution in [0.25, 0.3) is 0 Å². The Morgan fingerprint density at radius 2 is 1.15 bits per heavy atom. The topological polar surface area (TPSA) is 36.6 Å². The van der Waals surface area contributed by atoms with Crippen molar-refractivity contribution in [2.75, 3.05) is 47.5 Å². The molecular formula is C21H30N2O3+2. The van der Waals surface area contributed by atoms with Gasteiger partial charge in [-0.25, -0.2) is 0 Å². The van der Waals surface area contributed by atoms with Crippen LogP contribution in [0, 0.1) is 0 Å². The van der Waals surface area contributed by atoms with Crippen LogP contribution in [0.1, 0.15) is 11.1 Å². The fraction of sp³-hybridized carbons (Fsp3) is 0.429. The second-order valence-electron chi connectivity index (χ2n) is 6.93. The van der Waals surface area contributed by atoms with E-state index in [1.807, 2.05) is 12.1 Å². The van der Waals surface area contributed by atoms with E-state index in [9.17, 15) is 0 Å². The van der Waals surface area contributed by atoms with Crippen molar-refractivity contribution in [3.05, 3.63) is 53.6 Å². The quantitative estimate of drug-likeness (QED) is 0.742. The first kappa shape index (κ1) is 18.5. The van der Waals surface area contributed by atoms with Gasteiger partial charge in [0, 0.05) is 17.2 Å². The molecule has 0 amide bonds. The van der Waals surface area contributed by atoms with Crippen molar-refractivity contribution in [1.82, 2.24) is 0 Å². The zero-order valence-corrected chi connectivity index (χ0v) is 16.0. The Balaban J connectivity index is 1.53. The second-order valence-corrected chi connectivity index (χ2v) is 6.93. The molecule has 0 aliphatic carbocycles. The van der Waals surface area contributed by atoms with E-state index in [-0.39, 0.29) is 0 Å². The molecule has 0 spiro atoms. The molecule has 1 aliphatic rings. The Labute approximate surface area is 156 Å². The average molecular weight is 358 g/mol. The molecule has 0 radical (unpaired) electrons. The Hall–Kier alpha value is -2.24. The second kappa shape index (κ2) is 8.92. The van der Waals surface area contributed by atoms with E-state index in [4.69, 9.17) is 14.2 Å². The van der Waals surface area contributed by atoms with Crippen LogP contribution in [-0.2, 0) is 13.1 Å². The maximum absolute atomic E-state index is 5.39. The highest BCUT2D eigenvalue weighted by atomic mass is 16.5. The van der Waals surface area contributed by atoms with E-state index >= 15 is 0 Å². The third-order valence-corrected chi connectivity index (χ3v) is 5.12. The molecule has 5 nitrogen and oxygen atoms in total. The van der Waals surface area contributed by atoms with Gasteiger partial charge in [-0.1, -0.05) is 12.1 Å². The fourth-order valence-electron chi connectivity index (χ4n) is 3.64. The van der Waals surface area contributed by atoms with Gasteiger partial charge in [0.15, 0.2) is 0 Å². The first-order chi connectivity index (χ1) is 12.7. The predicted octanol–water partition coefficient (Wildman–Crippen LogP) is 0.196. The van der Waals surface area contributed by atoms with Crippen molar-refractivity contribution >= 4 is 0 Å². The summed E-state index contributed by atoms with van der Waals surface area (Å²) in [4.78, 5) is 3.26. The third-order valence-electron chi connectivity index (χ3n) is 5.12. The molecule has 3 rings (SSSR count). The lowest BCUT2D eigenvalue weighted by Gasteiger charge is -2.30. The van der Waals surface area contributed by atoms with Gasteiger partial charge in [0.05, 0.1) is 21.3 Å². The Bertz CT molecular complexity index is 690. The molecule has 2 aromatic rings. The Kier molecular flexibility index (Phi) is 6.36. The van der Waals surface area contributed by atoms with Crippen LogP contribution in [-0.4, -0.2) is 47.5 Å². The van der Waals surface area contributed by atoms with Gasteiger partial charge in [-0.15, -0.1) is 0 Å². The van der Waals surface area contributed by atoms with Gasteiger partial charge in [-0.05, 0) is 24.3 Å². The number of quaternary nitrogens is 2. The van der Waals surface area contributed by atoms with Gasteiger partial charge in [0.1, 0.15) is 56.5 Å². The lowest BCUT2D eigenvalue weighted by atomic mass is 10.1. The van der Waals surface area contributed by atoms with Gasteiger partial charge < -0.3 is 24.0 Å². The molecule has 0 atom stereocenters. The average Bonchev–Trinajstić information content (AvgIpc) is 2.69. The number of ether oxygens (including phenoxy) is 3. The minimum Gasteiger partial charge on any atom is -0.497 e. The lowest BCUT2D eigenvalue weighted by molar-refractivity contribution is -1.02. The molecule has 26 heavy (non-hydrogen) atoms. The maximum atomic E-state index is 5.39. The number of nitrogens with one attached hydrogen (secondary N) is 2. The molecule has 2 aromatic carbocycles. The van der Waals surface area contributed by atoms with Gasteiger partial charge in [-0.3, -0.25) is 0 Å². The van der Waals surface area contributed by atoms with Crippen molar-refractivity contribution < 1.29 is 24.0 Å². The largest absolute Gasteiger partial charge is 0.497 e. The summed E-state index contributed by atoms with van der Waals surface area (Å²) in [7, 11) is 5.12. The predicted molar refractivity (Wildman–Crippen MR) is 101 cm³/mol. The molecule has 140 valence electrons. The molecule has 1 fully saturated rings. The SMILES string of the molecule is COc1cccc(C[NH+]2CC[NH+](Cc3cc(OC)cc(OC)c3)CC2)c1. The normalized spacial score (nSPS) is 19.8. The summed E-state index contributed by atoms with van der Waals surface area (Å²) < 4.78 is 16.1. The first-order valence-corrected chi connectivity index (χ1v) is 9.22. The van der Waals surface area contributed by atoms with Crippen LogP contribution < -0.4 is 24.0 Å². The van der Waals surface area contributed by atoms with Gasteiger partial charge in [0.25, 0.3) is 0 Å². The minimum absolute atomic E-state index is 0.862. The van der Waals surface area contributed by atoms with Crippen molar-refractivity contribution in [2.45, 2.75) is 13.1 Å². The van der Waals surface area contributed by atoms with Crippen molar-refractivity contribution in [2.24, 2.45) is 0 Å². The zero-order chi connectivity index (χ0) is 18.4. The van der Waals surface area contributed by atoms with E-state index in [1.54, 1.807) is 31.1 Å². The molecule has 0 saturated carbocycles. The van der Waals surface area contributed by atoms with E-state index in [0.29, 0.717) is 0 Å². The van der Waals surface area contributed by atoms with Crippen molar-refractivity contribution in [3.8, 4) is 17.2 Å². The highest BCUT2D eigenvalue weighted by Crippen LogP contribution is 2.21. The first-order valence-electron chi connectivity index (χ1n) is 9.22. The van der Waals surface area contributed by atoms with Crippen LogP contribution in [0.2, 0.25) is 0 Å². The number of benzene rings is 2. The number of hydrogen-bond donors (Lipinski definition) is 2. The summed E-state index contributed by atoms with van der Waals surface area (Å²) in [6.45, 7) is 6.82. The van der Waals surface area contributed by atoms with E-state index in [1.165, 1.54) is 37.3 Å². The fourth-order valence-corrected chi connectivity index (χ4v) is 3.64. The lowest BCUT2D eigenvalue weighted by Crippen LogP contribution is -3.27. The summed E-state index contributed by atoms with van der Waals surface area (Å²) in [5.41, 5.74) is 2.62. The Morgan fingerprint density at radius 1 is 0.654 bits per heavy atom. The molecule has 0 aromatic heterocycles. The molecule has 2 N–H and O–H groups in total. The molecule has 1 aliphatic heterocycles. The minimum atomic E-state index is 0.862. The summed E-state index contributed by atoms with van der Waals surface area (Å²) in [6, 6.07) is 14.6. The van der Waals surface area contributed by atoms with E-state index < -0.39 is 0 Å². The smallest absolute Gasteiger partial charge is 0.127 e. The summed E-state index contributed by atoms with van der Waals surface area (Å²) in [6.07, 6.45) is 0. The van der Waals surface area contributed by atoms with Gasteiger partial charge in [0.2, 0.25) is 0 Å². The summed E-state index contributed by atoms with van der Waals surface area (Å²) in [5.74, 6) is 2.67. The van der Waals surface area contributed by atoms with Crippen molar-refractivity contribution in [1.29, 1.82) is 0 Å². The molecule has 1 saturated heterocycles. The molecule has 0 unspecified atom stereocenters. The van der Waals surface area contributed by atoms with Crippen molar-refractivity contribution in [3.63, 3.8) is 0 Å². The highest BCUT2D eigenvalue weighted by Gasteiger charge is 2.23.